The summed E-state index contributed by atoms with van der Waals surface area (Å²) in [7, 11) is 1.60. The van der Waals surface area contributed by atoms with Crippen LogP contribution in [-0.2, 0) is 0 Å². The molecule has 0 bridgehead atoms. The van der Waals surface area contributed by atoms with Crippen LogP contribution in [0.25, 0.3) is 22.8 Å². The molecule has 0 amide bonds. The Hall–Kier alpha value is -3.61. The van der Waals surface area contributed by atoms with Crippen LogP contribution >= 0.6 is 0 Å². The zero-order valence-corrected chi connectivity index (χ0v) is 13.3. The molecule has 4 aromatic rings. The van der Waals surface area contributed by atoms with Crippen molar-refractivity contribution in [1.82, 2.24) is 15.0 Å². The second-order valence-electron chi connectivity index (χ2n) is 5.15. The molecule has 25 heavy (non-hydrogen) atoms. The van der Waals surface area contributed by atoms with Gasteiger partial charge in [-0.25, -0.2) is 9.97 Å². The van der Waals surface area contributed by atoms with E-state index in [1.807, 2.05) is 36.4 Å². The molecule has 4 rings (SSSR count). The zero-order chi connectivity index (χ0) is 17.1. The van der Waals surface area contributed by atoms with Crippen molar-refractivity contribution in [2.45, 2.75) is 0 Å². The highest BCUT2D eigenvalue weighted by Gasteiger charge is 2.12. The number of nitrogens with one attached hydrogen (secondary N) is 1. The van der Waals surface area contributed by atoms with Crippen LogP contribution in [-0.4, -0.2) is 22.1 Å². The number of aromatic nitrogens is 3. The molecule has 0 atom stereocenters. The summed E-state index contributed by atoms with van der Waals surface area (Å²) in [6.07, 6.45) is 6.36. The maximum Gasteiger partial charge on any atom is 0.299 e. The molecule has 0 spiro atoms. The van der Waals surface area contributed by atoms with E-state index >= 15 is 0 Å². The van der Waals surface area contributed by atoms with Crippen molar-refractivity contribution >= 4 is 11.7 Å². The molecule has 7 nitrogen and oxygen atoms in total. The Morgan fingerprint density at radius 2 is 2.00 bits per heavy atom. The molecule has 0 aliphatic heterocycles. The number of benzene rings is 1. The SMILES string of the molecule is COc1cc(Nc2ncc(-c3ccccn3)o2)ccc1-c1cnco1. The molecule has 0 aliphatic rings. The molecule has 0 saturated heterocycles. The molecule has 0 saturated carbocycles. The normalized spacial score (nSPS) is 10.6. The molecule has 3 heterocycles. The summed E-state index contributed by atoms with van der Waals surface area (Å²) in [6, 6.07) is 11.6. The van der Waals surface area contributed by atoms with Gasteiger partial charge in [-0.05, 0) is 24.3 Å². The molecule has 0 fully saturated rings. The average Bonchev–Trinajstić information content (AvgIpc) is 3.34. The van der Waals surface area contributed by atoms with Gasteiger partial charge in [-0.2, -0.15) is 0 Å². The summed E-state index contributed by atoms with van der Waals surface area (Å²) in [5.41, 5.74) is 2.31. The largest absolute Gasteiger partial charge is 0.496 e. The van der Waals surface area contributed by atoms with Crippen LogP contribution in [0.15, 0.2) is 70.2 Å². The minimum atomic E-state index is 0.370. The third kappa shape index (κ3) is 3.07. The average molecular weight is 334 g/mol. The van der Waals surface area contributed by atoms with Gasteiger partial charge in [0.1, 0.15) is 11.4 Å². The van der Waals surface area contributed by atoms with Crippen molar-refractivity contribution in [2.24, 2.45) is 0 Å². The highest BCUT2D eigenvalue weighted by molar-refractivity contribution is 5.70. The lowest BCUT2D eigenvalue weighted by atomic mass is 10.1. The first-order chi connectivity index (χ1) is 12.3. The van der Waals surface area contributed by atoms with Crippen LogP contribution in [0, 0.1) is 0 Å². The summed E-state index contributed by atoms with van der Waals surface area (Å²) in [6.45, 7) is 0. The number of hydrogen-bond acceptors (Lipinski definition) is 7. The lowest BCUT2D eigenvalue weighted by Crippen LogP contribution is -1.93. The molecular formula is C18H14N4O3. The van der Waals surface area contributed by atoms with Crippen molar-refractivity contribution in [3.05, 3.63) is 61.4 Å². The van der Waals surface area contributed by atoms with Gasteiger partial charge >= 0.3 is 0 Å². The maximum absolute atomic E-state index is 5.70. The monoisotopic (exact) mass is 334 g/mol. The molecule has 124 valence electrons. The fourth-order valence-corrected chi connectivity index (χ4v) is 2.40. The molecule has 0 unspecified atom stereocenters. The number of pyridine rings is 1. The van der Waals surface area contributed by atoms with Gasteiger partial charge in [0.05, 0.1) is 25.1 Å². The third-order valence-corrected chi connectivity index (χ3v) is 3.57. The van der Waals surface area contributed by atoms with Gasteiger partial charge in [0.2, 0.25) is 0 Å². The highest BCUT2D eigenvalue weighted by atomic mass is 16.5. The van der Waals surface area contributed by atoms with Crippen LogP contribution in [0.2, 0.25) is 0 Å². The lowest BCUT2D eigenvalue weighted by Gasteiger charge is -2.09. The molecule has 7 heteroatoms. The highest BCUT2D eigenvalue weighted by Crippen LogP contribution is 2.33. The van der Waals surface area contributed by atoms with Crippen LogP contribution in [0.3, 0.4) is 0 Å². The van der Waals surface area contributed by atoms with Gasteiger partial charge in [0, 0.05) is 18.0 Å². The number of rotatable bonds is 5. The van der Waals surface area contributed by atoms with E-state index in [-0.39, 0.29) is 0 Å². The lowest BCUT2D eigenvalue weighted by molar-refractivity contribution is 0.415. The second kappa shape index (κ2) is 6.48. The molecule has 3 aromatic heterocycles. The Labute approximate surface area is 143 Å². The first-order valence-corrected chi connectivity index (χ1v) is 7.54. The van der Waals surface area contributed by atoms with Crippen molar-refractivity contribution in [3.8, 4) is 28.5 Å². The first-order valence-electron chi connectivity index (χ1n) is 7.54. The number of oxazole rings is 2. The summed E-state index contributed by atoms with van der Waals surface area (Å²) in [5, 5.41) is 3.11. The van der Waals surface area contributed by atoms with Gasteiger partial charge < -0.3 is 18.9 Å². The Morgan fingerprint density at radius 1 is 1.04 bits per heavy atom. The summed E-state index contributed by atoms with van der Waals surface area (Å²) in [5.74, 6) is 1.88. The second-order valence-corrected chi connectivity index (χ2v) is 5.15. The Morgan fingerprint density at radius 3 is 2.76 bits per heavy atom. The van der Waals surface area contributed by atoms with E-state index in [2.05, 4.69) is 20.3 Å². The summed E-state index contributed by atoms with van der Waals surface area (Å²) >= 11 is 0. The summed E-state index contributed by atoms with van der Waals surface area (Å²) in [4.78, 5) is 12.4. The number of methoxy groups -OCH3 is 1. The van der Waals surface area contributed by atoms with Gasteiger partial charge in [-0.3, -0.25) is 4.98 Å². The van der Waals surface area contributed by atoms with Crippen molar-refractivity contribution in [1.29, 1.82) is 0 Å². The van der Waals surface area contributed by atoms with Gasteiger partial charge in [-0.15, -0.1) is 0 Å². The Kier molecular flexibility index (Phi) is 3.88. The molecule has 0 aliphatic carbocycles. The number of anilines is 2. The molecule has 0 radical (unpaired) electrons. The van der Waals surface area contributed by atoms with Crippen molar-refractivity contribution in [3.63, 3.8) is 0 Å². The first kappa shape index (κ1) is 14.9. The zero-order valence-electron chi connectivity index (χ0n) is 13.3. The van der Waals surface area contributed by atoms with Crippen LogP contribution in [0.4, 0.5) is 11.7 Å². The predicted octanol–water partition coefficient (Wildman–Crippen LogP) is 4.14. The Bertz CT molecular complexity index is 965. The predicted molar refractivity (Wildman–Crippen MR) is 91.5 cm³/mol. The fourth-order valence-electron chi connectivity index (χ4n) is 2.40. The molecule has 1 N–H and O–H groups in total. The maximum atomic E-state index is 5.70. The minimum absolute atomic E-state index is 0.370. The topological polar surface area (TPSA) is 86.2 Å². The Balaban J connectivity index is 1.58. The van der Waals surface area contributed by atoms with Crippen LogP contribution < -0.4 is 10.1 Å². The number of ether oxygens (including phenoxy) is 1. The van der Waals surface area contributed by atoms with E-state index in [0.29, 0.717) is 23.3 Å². The molecular weight excluding hydrogens is 320 g/mol. The third-order valence-electron chi connectivity index (χ3n) is 3.57. The number of hydrogen-bond donors (Lipinski definition) is 1. The van der Waals surface area contributed by atoms with Crippen molar-refractivity contribution in [2.75, 3.05) is 12.4 Å². The van der Waals surface area contributed by atoms with E-state index in [1.54, 1.807) is 25.7 Å². The van der Waals surface area contributed by atoms with E-state index in [9.17, 15) is 0 Å². The van der Waals surface area contributed by atoms with E-state index in [4.69, 9.17) is 13.6 Å². The van der Waals surface area contributed by atoms with Crippen LogP contribution in [0.1, 0.15) is 0 Å². The van der Waals surface area contributed by atoms with Crippen LogP contribution in [0.5, 0.6) is 5.75 Å². The molecule has 1 aromatic carbocycles. The fraction of sp³-hybridized carbons (Fsp3) is 0.0556. The number of nitrogens with zero attached hydrogens (tertiary/aromatic N) is 3. The van der Waals surface area contributed by atoms with E-state index < -0.39 is 0 Å². The minimum Gasteiger partial charge on any atom is -0.496 e. The smallest absolute Gasteiger partial charge is 0.299 e. The van der Waals surface area contributed by atoms with Crippen molar-refractivity contribution < 1.29 is 13.6 Å². The summed E-state index contributed by atoms with van der Waals surface area (Å²) < 4.78 is 16.5. The van der Waals surface area contributed by atoms with Gasteiger partial charge in [0.25, 0.3) is 6.01 Å². The van der Waals surface area contributed by atoms with E-state index in [1.165, 1.54) is 6.39 Å². The van der Waals surface area contributed by atoms with Gasteiger partial charge in [0.15, 0.2) is 17.9 Å². The quantitative estimate of drug-likeness (QED) is 0.587. The standard InChI is InChI=1S/C18H14N4O3/c1-23-15-8-12(5-6-13(15)16-9-19-11-24-16)22-18-21-10-17(25-18)14-4-2-3-7-20-14/h2-11H,1H3,(H,21,22). The van der Waals surface area contributed by atoms with Gasteiger partial charge in [-0.1, -0.05) is 6.07 Å². The van der Waals surface area contributed by atoms with E-state index in [0.717, 1.165) is 16.9 Å².